The number of aromatic nitrogens is 2. The Kier molecular flexibility index (Phi) is 5.70. The van der Waals surface area contributed by atoms with Gasteiger partial charge in [-0.2, -0.15) is 4.98 Å². The second-order valence-electron chi connectivity index (χ2n) is 6.79. The molecule has 0 N–H and O–H groups in total. The molecule has 0 aliphatic carbocycles. The fourth-order valence-corrected chi connectivity index (χ4v) is 3.52. The number of hydrogen-bond acceptors (Lipinski definition) is 5. The number of rotatable bonds is 6. The summed E-state index contributed by atoms with van der Waals surface area (Å²) in [5.41, 5.74) is 2.24. The molecule has 1 fully saturated rings. The van der Waals surface area contributed by atoms with Crippen LogP contribution in [-0.2, 0) is 6.42 Å². The molecule has 3 aromatic rings. The predicted molar refractivity (Wildman–Crippen MR) is 108 cm³/mol. The third-order valence-electron chi connectivity index (χ3n) is 4.93. The summed E-state index contributed by atoms with van der Waals surface area (Å²) in [7, 11) is 0. The van der Waals surface area contributed by atoms with Crippen molar-refractivity contribution in [1.82, 2.24) is 15.0 Å². The molecule has 0 amide bonds. The van der Waals surface area contributed by atoms with Crippen LogP contribution < -0.4 is 4.90 Å². The zero-order chi connectivity index (χ0) is 18.5. The predicted octanol–water partition coefficient (Wildman–Crippen LogP) is 4.14. The maximum Gasteiger partial charge on any atom is 0.227 e. The van der Waals surface area contributed by atoms with E-state index in [1.54, 1.807) is 0 Å². The van der Waals surface area contributed by atoms with Gasteiger partial charge in [-0.1, -0.05) is 35.0 Å². The molecule has 0 unspecified atom stereocenters. The first-order chi connectivity index (χ1) is 13.3. The summed E-state index contributed by atoms with van der Waals surface area (Å²) in [6, 6.07) is 18.1. The van der Waals surface area contributed by atoms with Crippen LogP contribution in [0.15, 0.2) is 59.1 Å². The van der Waals surface area contributed by atoms with E-state index < -0.39 is 0 Å². The molecule has 4 rings (SSSR count). The Hall–Kier alpha value is -2.37. The van der Waals surface area contributed by atoms with Crippen molar-refractivity contribution in [2.75, 3.05) is 37.6 Å². The molecule has 140 valence electrons. The third-order valence-corrected chi connectivity index (χ3v) is 5.18. The SMILES string of the molecule is Clc1ccc(-c2noc(CCCN3CCN(c4ccccc4)CC3)n2)cc1. The molecule has 1 saturated heterocycles. The second-order valence-corrected chi connectivity index (χ2v) is 7.22. The number of piperazine rings is 1. The number of anilines is 1. The van der Waals surface area contributed by atoms with E-state index in [0.717, 1.165) is 51.1 Å². The molecule has 0 saturated carbocycles. The Morgan fingerprint density at radius 2 is 1.67 bits per heavy atom. The van der Waals surface area contributed by atoms with E-state index in [9.17, 15) is 0 Å². The van der Waals surface area contributed by atoms with Crippen LogP contribution in [-0.4, -0.2) is 47.8 Å². The minimum atomic E-state index is 0.623. The number of aryl methyl sites for hydroxylation is 1. The molecule has 6 heteroatoms. The van der Waals surface area contributed by atoms with E-state index in [2.05, 4.69) is 50.3 Å². The number of hydrogen-bond donors (Lipinski definition) is 0. The molecule has 1 aromatic heterocycles. The third kappa shape index (κ3) is 4.67. The van der Waals surface area contributed by atoms with Crippen molar-refractivity contribution in [1.29, 1.82) is 0 Å². The molecule has 0 bridgehead atoms. The molecule has 1 aliphatic heterocycles. The van der Waals surface area contributed by atoms with Gasteiger partial charge in [-0.3, -0.25) is 4.90 Å². The van der Waals surface area contributed by atoms with Crippen LogP contribution in [0.5, 0.6) is 0 Å². The summed E-state index contributed by atoms with van der Waals surface area (Å²) in [6.07, 6.45) is 1.83. The van der Waals surface area contributed by atoms with E-state index in [0.29, 0.717) is 16.7 Å². The average molecular weight is 383 g/mol. The van der Waals surface area contributed by atoms with Crippen molar-refractivity contribution >= 4 is 17.3 Å². The fourth-order valence-electron chi connectivity index (χ4n) is 3.40. The molecule has 5 nitrogen and oxygen atoms in total. The quantitative estimate of drug-likeness (QED) is 0.641. The molecule has 27 heavy (non-hydrogen) atoms. The Morgan fingerprint density at radius 3 is 2.41 bits per heavy atom. The molecule has 0 radical (unpaired) electrons. The Balaban J connectivity index is 1.22. The van der Waals surface area contributed by atoms with Crippen molar-refractivity contribution in [3.63, 3.8) is 0 Å². The zero-order valence-electron chi connectivity index (χ0n) is 15.2. The highest BCUT2D eigenvalue weighted by molar-refractivity contribution is 6.30. The lowest BCUT2D eigenvalue weighted by Gasteiger charge is -2.36. The highest BCUT2D eigenvalue weighted by Crippen LogP contribution is 2.19. The van der Waals surface area contributed by atoms with E-state index in [1.165, 1.54) is 5.69 Å². The lowest BCUT2D eigenvalue weighted by Crippen LogP contribution is -2.46. The summed E-state index contributed by atoms with van der Waals surface area (Å²) in [4.78, 5) is 9.46. The van der Waals surface area contributed by atoms with Gasteiger partial charge >= 0.3 is 0 Å². The van der Waals surface area contributed by atoms with Crippen molar-refractivity contribution in [3.05, 3.63) is 65.5 Å². The topological polar surface area (TPSA) is 45.4 Å². The average Bonchev–Trinajstić information content (AvgIpc) is 3.19. The molecular weight excluding hydrogens is 360 g/mol. The standard InChI is InChI=1S/C21H23ClN4O/c22-18-10-8-17(9-11-18)21-23-20(27-24-21)7-4-12-25-13-15-26(16-14-25)19-5-2-1-3-6-19/h1-3,5-6,8-11H,4,7,12-16H2. The van der Waals surface area contributed by atoms with Gasteiger partial charge in [-0.25, -0.2) is 0 Å². The lowest BCUT2D eigenvalue weighted by molar-refractivity contribution is 0.251. The van der Waals surface area contributed by atoms with Gasteiger partial charge in [0.15, 0.2) is 0 Å². The molecule has 2 aromatic carbocycles. The number of para-hydroxylation sites is 1. The normalized spacial score (nSPS) is 15.2. The molecule has 2 heterocycles. The molecule has 0 spiro atoms. The van der Waals surface area contributed by atoms with Gasteiger partial charge in [0.1, 0.15) is 0 Å². The van der Waals surface area contributed by atoms with Crippen molar-refractivity contribution in [2.24, 2.45) is 0 Å². The van der Waals surface area contributed by atoms with E-state index >= 15 is 0 Å². The number of benzene rings is 2. The highest BCUT2D eigenvalue weighted by Gasteiger charge is 2.17. The first-order valence-electron chi connectivity index (χ1n) is 9.39. The van der Waals surface area contributed by atoms with E-state index in [-0.39, 0.29) is 0 Å². The van der Waals surface area contributed by atoms with E-state index in [1.807, 2.05) is 24.3 Å². The van der Waals surface area contributed by atoms with Gasteiger partial charge in [0.25, 0.3) is 0 Å². The Bertz CT molecular complexity index is 842. The van der Waals surface area contributed by atoms with Crippen molar-refractivity contribution < 1.29 is 4.52 Å². The van der Waals surface area contributed by atoms with Gasteiger partial charge in [-0.15, -0.1) is 0 Å². The number of nitrogens with zero attached hydrogens (tertiary/aromatic N) is 4. The largest absolute Gasteiger partial charge is 0.369 e. The number of halogens is 1. The summed E-state index contributed by atoms with van der Waals surface area (Å²) in [6.45, 7) is 5.39. The van der Waals surface area contributed by atoms with Gasteiger partial charge < -0.3 is 9.42 Å². The van der Waals surface area contributed by atoms with Crippen LogP contribution in [0.25, 0.3) is 11.4 Å². The van der Waals surface area contributed by atoms with Crippen LogP contribution in [0.1, 0.15) is 12.3 Å². The molecular formula is C21H23ClN4O. The lowest BCUT2D eigenvalue weighted by atomic mass is 10.2. The van der Waals surface area contributed by atoms with Gasteiger partial charge in [-0.05, 0) is 49.4 Å². The van der Waals surface area contributed by atoms with E-state index in [4.69, 9.17) is 16.1 Å². The minimum absolute atomic E-state index is 0.623. The maximum atomic E-state index is 5.92. The highest BCUT2D eigenvalue weighted by atomic mass is 35.5. The van der Waals surface area contributed by atoms with Gasteiger partial charge in [0.05, 0.1) is 0 Å². The zero-order valence-corrected chi connectivity index (χ0v) is 16.0. The maximum absolute atomic E-state index is 5.92. The minimum Gasteiger partial charge on any atom is -0.369 e. The smallest absolute Gasteiger partial charge is 0.227 e. The second kappa shape index (κ2) is 8.55. The van der Waals surface area contributed by atoms with Gasteiger partial charge in [0.2, 0.25) is 11.7 Å². The van der Waals surface area contributed by atoms with Crippen LogP contribution in [0.4, 0.5) is 5.69 Å². The summed E-state index contributed by atoms with van der Waals surface area (Å²) in [5.74, 6) is 1.32. The first kappa shape index (κ1) is 18.0. The fraction of sp³-hybridized carbons (Fsp3) is 0.333. The summed E-state index contributed by atoms with van der Waals surface area (Å²) < 4.78 is 5.39. The molecule has 0 atom stereocenters. The monoisotopic (exact) mass is 382 g/mol. The Labute approximate surface area is 164 Å². The van der Waals surface area contributed by atoms with Crippen LogP contribution in [0.2, 0.25) is 5.02 Å². The van der Waals surface area contributed by atoms with Crippen LogP contribution >= 0.6 is 11.6 Å². The molecule has 1 aliphatic rings. The summed E-state index contributed by atoms with van der Waals surface area (Å²) in [5, 5.41) is 4.78. The van der Waals surface area contributed by atoms with Gasteiger partial charge in [0, 0.05) is 48.9 Å². The van der Waals surface area contributed by atoms with Crippen LogP contribution in [0, 0.1) is 0 Å². The van der Waals surface area contributed by atoms with Crippen molar-refractivity contribution in [2.45, 2.75) is 12.8 Å². The first-order valence-corrected chi connectivity index (χ1v) is 9.76. The Morgan fingerprint density at radius 1 is 0.926 bits per heavy atom. The van der Waals surface area contributed by atoms with Crippen molar-refractivity contribution in [3.8, 4) is 11.4 Å². The van der Waals surface area contributed by atoms with Crippen LogP contribution in [0.3, 0.4) is 0 Å². The summed E-state index contributed by atoms with van der Waals surface area (Å²) >= 11 is 5.92.